The molecule has 0 heterocycles. The molecule has 4 aromatic carbocycles. The number of nitrogens with zero attached hydrogens (tertiary/aromatic N) is 2. The van der Waals surface area contributed by atoms with Gasteiger partial charge >= 0.3 is 247 Å². The van der Waals surface area contributed by atoms with E-state index in [1.54, 1.807) is 0 Å². The van der Waals surface area contributed by atoms with E-state index in [0.29, 0.717) is 0 Å². The maximum absolute atomic E-state index is 5.06. The van der Waals surface area contributed by atoms with Gasteiger partial charge in [-0.2, -0.15) is 0 Å². The minimum atomic E-state index is 0.990. The normalized spacial score (nSPS) is 12.0. The Morgan fingerprint density at radius 2 is 1.18 bits per heavy atom. The Balaban J connectivity index is 1.85. The van der Waals surface area contributed by atoms with E-state index in [2.05, 4.69) is 139 Å². The molecule has 0 atom stereocenters. The number of aryl methyl sites for hydroxylation is 8. The van der Waals surface area contributed by atoms with Gasteiger partial charge in [0, 0.05) is 0 Å². The summed E-state index contributed by atoms with van der Waals surface area (Å²) < 4.78 is 2.08. The molecule has 0 radical (unpaired) electrons. The van der Waals surface area contributed by atoms with Gasteiger partial charge < -0.3 is 0 Å². The Hall–Kier alpha value is -3.12. The molecule has 39 heavy (non-hydrogen) atoms. The molecule has 4 rings (SSSR count). The Bertz CT molecular complexity index is 1590. The molecule has 0 amide bonds. The quantitative estimate of drug-likeness (QED) is 0.147. The third-order valence-corrected chi connectivity index (χ3v) is 8.08. The number of rotatable bonds is 7. The zero-order valence-corrected chi connectivity index (χ0v) is 26.1. The van der Waals surface area contributed by atoms with E-state index in [1.165, 1.54) is 66.8 Å². The van der Waals surface area contributed by atoms with Crippen molar-refractivity contribution in [2.24, 2.45) is 4.99 Å². The van der Waals surface area contributed by atoms with Crippen molar-refractivity contribution >= 4 is 23.8 Å². The van der Waals surface area contributed by atoms with Gasteiger partial charge in [0.15, 0.2) is 0 Å². The SMILES string of the molecule is CCc1cccc(C)c1-c1cc(C)cc(C)c1N=CC=[N+]([Pd])c1c(C)cc(C)cc1-c1c(C)cccc1CC. The van der Waals surface area contributed by atoms with E-state index in [1.807, 2.05) is 12.4 Å². The van der Waals surface area contributed by atoms with Crippen molar-refractivity contribution in [1.29, 1.82) is 0 Å². The topological polar surface area (TPSA) is 15.4 Å². The van der Waals surface area contributed by atoms with Crippen LogP contribution in [-0.4, -0.2) is 15.6 Å². The molecule has 0 spiro atoms. The first-order chi connectivity index (χ1) is 18.7. The first-order valence-corrected chi connectivity index (χ1v) is 14.6. The van der Waals surface area contributed by atoms with Gasteiger partial charge in [0.25, 0.3) is 0 Å². The van der Waals surface area contributed by atoms with E-state index in [4.69, 9.17) is 4.99 Å². The molecule has 0 bridgehead atoms. The standard InChI is InChI=1S/C36H40N2.Pd/c1-9-29-15-11-13-25(5)33(29)31-21-23(3)19-27(7)35(31)37-17-18-38-36-28(8)20-24(4)22-32(36)34-26(6)14-12-16-30(34)10-2;/h11-22H,9-10H2,1-8H3;/q;+1. The minimum absolute atomic E-state index is 0.990. The summed E-state index contributed by atoms with van der Waals surface area (Å²) in [4.78, 5) is 5.06. The average molecular weight is 607 g/mol. The van der Waals surface area contributed by atoms with E-state index >= 15 is 0 Å². The van der Waals surface area contributed by atoms with Crippen molar-refractivity contribution in [2.45, 2.75) is 68.2 Å². The third kappa shape index (κ3) is 6.06. The van der Waals surface area contributed by atoms with E-state index in [0.717, 1.165) is 24.2 Å². The number of hydrogen-bond acceptors (Lipinski definition) is 1. The number of aliphatic imine (C=N–C) groups is 1. The zero-order valence-electron chi connectivity index (χ0n) is 24.6. The van der Waals surface area contributed by atoms with Crippen LogP contribution >= 0.6 is 0 Å². The van der Waals surface area contributed by atoms with Crippen molar-refractivity contribution in [3.05, 3.63) is 105 Å². The van der Waals surface area contributed by atoms with E-state index < -0.39 is 0 Å². The van der Waals surface area contributed by atoms with Crippen LogP contribution in [0.5, 0.6) is 0 Å². The second-order valence-electron chi connectivity index (χ2n) is 10.6. The Morgan fingerprint density at radius 1 is 0.667 bits per heavy atom. The average Bonchev–Trinajstić information content (AvgIpc) is 2.88. The molecule has 4 aromatic rings. The van der Waals surface area contributed by atoms with Crippen LogP contribution in [0, 0.1) is 41.5 Å². The summed E-state index contributed by atoms with van der Waals surface area (Å²) in [5, 5.41) is 0. The van der Waals surface area contributed by atoms with E-state index in [-0.39, 0.29) is 0 Å². The molecular formula is C36H40N2Pd+. The molecule has 0 N–H and O–H groups in total. The molecule has 0 saturated heterocycles. The van der Waals surface area contributed by atoms with Crippen LogP contribution in [0.3, 0.4) is 0 Å². The van der Waals surface area contributed by atoms with Crippen LogP contribution in [0.1, 0.15) is 58.4 Å². The van der Waals surface area contributed by atoms with E-state index in [9.17, 15) is 0 Å². The molecule has 2 nitrogen and oxygen atoms in total. The molecule has 0 aliphatic carbocycles. The fourth-order valence-electron chi connectivity index (χ4n) is 5.79. The van der Waals surface area contributed by atoms with Gasteiger partial charge in [0.2, 0.25) is 0 Å². The van der Waals surface area contributed by atoms with Crippen LogP contribution in [0.15, 0.2) is 65.7 Å². The summed E-state index contributed by atoms with van der Waals surface area (Å²) in [6.07, 6.45) is 5.95. The zero-order chi connectivity index (χ0) is 28.3. The molecule has 0 aliphatic heterocycles. The first kappa shape index (κ1) is 28.9. The van der Waals surface area contributed by atoms with Crippen molar-refractivity contribution in [2.75, 3.05) is 0 Å². The Labute approximate surface area is 246 Å². The first-order valence-electron chi connectivity index (χ1n) is 13.9. The van der Waals surface area contributed by atoms with Gasteiger partial charge in [-0.15, -0.1) is 0 Å². The van der Waals surface area contributed by atoms with Gasteiger partial charge in [-0.3, -0.25) is 0 Å². The third-order valence-electron chi connectivity index (χ3n) is 7.50. The van der Waals surface area contributed by atoms with Gasteiger partial charge in [0.05, 0.1) is 0 Å². The van der Waals surface area contributed by atoms with Crippen LogP contribution < -0.4 is 0 Å². The fraction of sp³-hybridized carbons (Fsp3) is 0.278. The molecule has 0 aliphatic rings. The molecule has 0 fully saturated rings. The summed E-state index contributed by atoms with van der Waals surface area (Å²) in [6.45, 7) is 17.6. The molecule has 0 saturated carbocycles. The summed E-state index contributed by atoms with van der Waals surface area (Å²) in [5.74, 6) is 0. The monoisotopic (exact) mass is 606 g/mol. The van der Waals surface area contributed by atoms with Crippen LogP contribution in [0.25, 0.3) is 22.3 Å². The molecular weight excluding hydrogens is 567 g/mol. The molecule has 0 unspecified atom stereocenters. The van der Waals surface area contributed by atoms with Crippen molar-refractivity contribution in [3.8, 4) is 22.3 Å². The number of hydrogen-bond donors (Lipinski definition) is 0. The number of benzene rings is 4. The maximum atomic E-state index is 5.06. The summed E-state index contributed by atoms with van der Waals surface area (Å²) >= 11 is 3.52. The second-order valence-corrected chi connectivity index (χ2v) is 11.3. The van der Waals surface area contributed by atoms with Crippen LogP contribution in [-0.2, 0) is 32.3 Å². The van der Waals surface area contributed by atoms with Gasteiger partial charge in [-0.25, -0.2) is 0 Å². The van der Waals surface area contributed by atoms with Crippen molar-refractivity contribution in [1.82, 2.24) is 0 Å². The fourth-order valence-corrected chi connectivity index (χ4v) is 6.36. The molecule has 0 aromatic heterocycles. The summed E-state index contributed by atoms with van der Waals surface area (Å²) in [5.41, 5.74) is 17.5. The van der Waals surface area contributed by atoms with Gasteiger partial charge in [0.1, 0.15) is 0 Å². The summed E-state index contributed by atoms with van der Waals surface area (Å²) in [7, 11) is 0. The predicted octanol–water partition coefficient (Wildman–Crippen LogP) is 9.58. The van der Waals surface area contributed by atoms with Crippen LogP contribution in [0.4, 0.5) is 11.4 Å². The summed E-state index contributed by atoms with van der Waals surface area (Å²) in [6, 6.07) is 22.3. The van der Waals surface area contributed by atoms with Crippen molar-refractivity contribution in [3.63, 3.8) is 0 Å². The van der Waals surface area contributed by atoms with Crippen molar-refractivity contribution < 1.29 is 22.7 Å². The molecule has 203 valence electrons. The predicted molar refractivity (Wildman–Crippen MR) is 165 cm³/mol. The van der Waals surface area contributed by atoms with Gasteiger partial charge in [-0.05, 0) is 0 Å². The Kier molecular flexibility index (Phi) is 9.16. The second kappa shape index (κ2) is 12.4. The molecule has 3 heteroatoms. The van der Waals surface area contributed by atoms with Crippen LogP contribution in [0.2, 0.25) is 0 Å². The van der Waals surface area contributed by atoms with Gasteiger partial charge in [-0.1, -0.05) is 0 Å². The Morgan fingerprint density at radius 3 is 1.74 bits per heavy atom.